The van der Waals surface area contributed by atoms with E-state index in [9.17, 15) is 9.59 Å². The maximum Gasteiger partial charge on any atom is 0.323 e. The number of methoxy groups -OCH3 is 2. The molecule has 0 N–H and O–H groups in total. The molecule has 4 fully saturated rings. The van der Waals surface area contributed by atoms with Gasteiger partial charge in [-0.2, -0.15) is 0 Å². The topological polar surface area (TPSA) is 52.6 Å². The number of ether oxygens (including phenoxy) is 2. The maximum absolute atomic E-state index is 13.0. The normalized spacial score (nSPS) is 41.3. The summed E-state index contributed by atoms with van der Waals surface area (Å²) in [5.41, 5.74) is -1.04. The van der Waals surface area contributed by atoms with Crippen LogP contribution in [0, 0.1) is 40.9 Å². The summed E-state index contributed by atoms with van der Waals surface area (Å²) in [5, 5.41) is 0. The fourth-order valence-corrected chi connectivity index (χ4v) is 6.91. The zero-order valence-corrected chi connectivity index (χ0v) is 14.3. The van der Waals surface area contributed by atoms with E-state index < -0.39 is 5.41 Å². The van der Waals surface area contributed by atoms with Crippen LogP contribution in [0.4, 0.5) is 0 Å². The first-order valence-corrected chi connectivity index (χ1v) is 9.28. The molecule has 0 amide bonds. The second-order valence-electron chi connectivity index (χ2n) is 8.41. The van der Waals surface area contributed by atoms with E-state index in [1.807, 2.05) is 0 Å². The largest absolute Gasteiger partial charge is 0.468 e. The highest BCUT2D eigenvalue weighted by atomic mass is 16.5. The van der Waals surface area contributed by atoms with Crippen molar-refractivity contribution in [3.8, 4) is 0 Å². The molecule has 6 unspecified atom stereocenters. The molecule has 6 atom stereocenters. The van der Waals surface area contributed by atoms with E-state index in [0.717, 1.165) is 25.7 Å². The smallest absolute Gasteiger partial charge is 0.323 e. The number of fused-ring (bicyclic) bond motifs is 4. The molecule has 0 aromatic heterocycles. The van der Waals surface area contributed by atoms with E-state index in [1.165, 1.54) is 39.9 Å². The first-order valence-electron chi connectivity index (χ1n) is 9.28. The lowest BCUT2D eigenvalue weighted by molar-refractivity contribution is -0.184. The maximum atomic E-state index is 13.0. The standard InChI is InChI=1S/C19H28O4/c1-22-17(20)19(18(21)23-2,15-9-11-3-5-13(15)7-11)16-10-12-4-6-14(16)8-12/h11-16H,3-10H2,1-2H3. The second kappa shape index (κ2) is 5.49. The fraction of sp³-hybridized carbons (Fsp3) is 0.895. The highest BCUT2D eigenvalue weighted by molar-refractivity contribution is 6.01. The molecule has 0 spiro atoms. The quantitative estimate of drug-likeness (QED) is 0.590. The van der Waals surface area contributed by atoms with Gasteiger partial charge in [-0.3, -0.25) is 9.59 Å². The molecule has 23 heavy (non-hydrogen) atoms. The van der Waals surface area contributed by atoms with Crippen LogP contribution >= 0.6 is 0 Å². The van der Waals surface area contributed by atoms with Crippen LogP contribution in [0.25, 0.3) is 0 Å². The lowest BCUT2D eigenvalue weighted by Gasteiger charge is -2.45. The third-order valence-electron chi connectivity index (χ3n) is 7.69. The Morgan fingerprint density at radius 3 is 1.43 bits per heavy atom. The summed E-state index contributed by atoms with van der Waals surface area (Å²) in [7, 11) is 2.86. The fourth-order valence-electron chi connectivity index (χ4n) is 6.91. The molecule has 4 bridgehead atoms. The predicted octanol–water partition coefficient (Wildman–Crippen LogP) is 3.19. The molecule has 0 radical (unpaired) electrons. The molecular weight excluding hydrogens is 292 g/mol. The summed E-state index contributed by atoms with van der Waals surface area (Å²) in [6, 6.07) is 0. The molecule has 4 saturated carbocycles. The minimum absolute atomic E-state index is 0.130. The van der Waals surface area contributed by atoms with Crippen molar-refractivity contribution in [3.05, 3.63) is 0 Å². The van der Waals surface area contributed by atoms with Crippen LogP contribution in [0.15, 0.2) is 0 Å². The van der Waals surface area contributed by atoms with Crippen molar-refractivity contribution in [2.75, 3.05) is 14.2 Å². The van der Waals surface area contributed by atoms with E-state index in [0.29, 0.717) is 23.7 Å². The SMILES string of the molecule is COC(=O)C(C(=O)OC)(C1CC2CCC1C2)C1CC2CCC1C2. The third kappa shape index (κ3) is 2.02. The Bertz CT molecular complexity index is 467. The average Bonchev–Trinajstić information content (AvgIpc) is 3.35. The molecule has 0 aromatic carbocycles. The van der Waals surface area contributed by atoms with Gasteiger partial charge in [-0.05, 0) is 74.0 Å². The number of rotatable bonds is 4. The van der Waals surface area contributed by atoms with Gasteiger partial charge in [0.25, 0.3) is 0 Å². The van der Waals surface area contributed by atoms with Gasteiger partial charge in [-0.1, -0.05) is 12.8 Å². The van der Waals surface area contributed by atoms with Crippen molar-refractivity contribution in [2.24, 2.45) is 40.9 Å². The van der Waals surface area contributed by atoms with E-state index in [4.69, 9.17) is 9.47 Å². The van der Waals surface area contributed by atoms with Crippen LogP contribution in [0.2, 0.25) is 0 Å². The Morgan fingerprint density at radius 1 is 0.739 bits per heavy atom. The molecule has 0 saturated heterocycles. The lowest BCUT2D eigenvalue weighted by atomic mass is 9.57. The van der Waals surface area contributed by atoms with Gasteiger partial charge < -0.3 is 9.47 Å². The van der Waals surface area contributed by atoms with Gasteiger partial charge in [0, 0.05) is 0 Å². The Morgan fingerprint density at radius 2 is 1.17 bits per heavy atom. The monoisotopic (exact) mass is 320 g/mol. The first kappa shape index (κ1) is 15.5. The Labute approximate surface area is 138 Å². The van der Waals surface area contributed by atoms with Crippen LogP contribution in [0.5, 0.6) is 0 Å². The van der Waals surface area contributed by atoms with Crippen molar-refractivity contribution in [3.63, 3.8) is 0 Å². The number of carbonyl (C=O) groups excluding carboxylic acids is 2. The third-order valence-corrected chi connectivity index (χ3v) is 7.69. The minimum atomic E-state index is -1.04. The van der Waals surface area contributed by atoms with Crippen LogP contribution in [-0.4, -0.2) is 26.2 Å². The highest BCUT2D eigenvalue weighted by Crippen LogP contribution is 2.64. The van der Waals surface area contributed by atoms with Gasteiger partial charge in [0.1, 0.15) is 0 Å². The van der Waals surface area contributed by atoms with Crippen molar-refractivity contribution in [1.29, 1.82) is 0 Å². The average molecular weight is 320 g/mol. The van der Waals surface area contributed by atoms with Gasteiger partial charge in [-0.25, -0.2) is 0 Å². The van der Waals surface area contributed by atoms with Crippen molar-refractivity contribution in [1.82, 2.24) is 0 Å². The second-order valence-corrected chi connectivity index (χ2v) is 8.41. The van der Waals surface area contributed by atoms with Crippen LogP contribution in [0.3, 0.4) is 0 Å². The molecular formula is C19H28O4. The lowest BCUT2D eigenvalue weighted by Crippen LogP contribution is -2.55. The van der Waals surface area contributed by atoms with Crippen LogP contribution < -0.4 is 0 Å². The van der Waals surface area contributed by atoms with Gasteiger partial charge in [-0.15, -0.1) is 0 Å². The highest BCUT2D eigenvalue weighted by Gasteiger charge is 2.67. The predicted molar refractivity (Wildman–Crippen MR) is 84.3 cm³/mol. The van der Waals surface area contributed by atoms with E-state index in [2.05, 4.69) is 0 Å². The van der Waals surface area contributed by atoms with Gasteiger partial charge in [0.2, 0.25) is 0 Å². The Balaban J connectivity index is 1.78. The molecule has 4 aliphatic rings. The summed E-state index contributed by atoms with van der Waals surface area (Å²) >= 11 is 0. The zero-order valence-electron chi connectivity index (χ0n) is 14.3. The van der Waals surface area contributed by atoms with Crippen LogP contribution in [-0.2, 0) is 19.1 Å². The molecule has 0 aromatic rings. The molecule has 4 rings (SSSR count). The van der Waals surface area contributed by atoms with E-state index in [-0.39, 0.29) is 23.8 Å². The molecule has 0 aliphatic heterocycles. The summed E-state index contributed by atoms with van der Waals surface area (Å²) in [4.78, 5) is 26.1. The van der Waals surface area contributed by atoms with Gasteiger partial charge >= 0.3 is 11.9 Å². The summed E-state index contributed by atoms with van der Waals surface area (Å²) < 4.78 is 10.5. The van der Waals surface area contributed by atoms with E-state index in [1.54, 1.807) is 0 Å². The van der Waals surface area contributed by atoms with Gasteiger partial charge in [0.05, 0.1) is 14.2 Å². The summed E-state index contributed by atoms with van der Waals surface area (Å²) in [6.45, 7) is 0. The molecule has 4 nitrogen and oxygen atoms in total. The van der Waals surface area contributed by atoms with Crippen LogP contribution in [0.1, 0.15) is 51.4 Å². The molecule has 0 heterocycles. The zero-order chi connectivity index (χ0) is 16.2. The van der Waals surface area contributed by atoms with E-state index >= 15 is 0 Å². The number of esters is 2. The minimum Gasteiger partial charge on any atom is -0.468 e. The summed E-state index contributed by atoms with van der Waals surface area (Å²) in [6.07, 6.45) is 9.21. The molecule has 4 aliphatic carbocycles. The summed E-state index contributed by atoms with van der Waals surface area (Å²) in [5.74, 6) is 2.00. The first-order chi connectivity index (χ1) is 11.1. The Hall–Kier alpha value is -1.06. The van der Waals surface area contributed by atoms with Crippen molar-refractivity contribution >= 4 is 11.9 Å². The van der Waals surface area contributed by atoms with Gasteiger partial charge in [0.15, 0.2) is 5.41 Å². The number of hydrogen-bond donors (Lipinski definition) is 0. The van der Waals surface area contributed by atoms with Crippen molar-refractivity contribution < 1.29 is 19.1 Å². The number of hydrogen-bond acceptors (Lipinski definition) is 4. The number of carbonyl (C=O) groups is 2. The van der Waals surface area contributed by atoms with Crippen molar-refractivity contribution in [2.45, 2.75) is 51.4 Å². The molecule has 4 heteroatoms. The Kier molecular flexibility index (Phi) is 3.69. The molecule has 128 valence electrons.